The molecule has 1 rings (SSSR count). The highest BCUT2D eigenvalue weighted by atomic mass is 32.2. The van der Waals surface area contributed by atoms with E-state index in [1.165, 1.54) is 6.42 Å². The van der Waals surface area contributed by atoms with Crippen LogP contribution in [0.25, 0.3) is 0 Å². The van der Waals surface area contributed by atoms with E-state index in [0.29, 0.717) is 10.9 Å². The van der Waals surface area contributed by atoms with Crippen LogP contribution in [0.3, 0.4) is 0 Å². The van der Waals surface area contributed by atoms with Crippen molar-refractivity contribution in [2.75, 3.05) is 6.26 Å². The molecule has 0 aliphatic carbocycles. The van der Waals surface area contributed by atoms with E-state index in [2.05, 4.69) is 32.3 Å². The molecule has 0 amide bonds. The molecule has 0 bridgehead atoms. The number of thioether (sulfide) groups is 1. The van der Waals surface area contributed by atoms with Crippen LogP contribution in [-0.4, -0.2) is 17.2 Å². The fourth-order valence-electron chi connectivity index (χ4n) is 1.79. The fraction of sp³-hybridized carbons (Fsp3) is 1.00. The summed E-state index contributed by atoms with van der Waals surface area (Å²) in [4.78, 5) is 0. The van der Waals surface area contributed by atoms with Crippen molar-refractivity contribution in [2.45, 2.75) is 38.1 Å². The van der Waals surface area contributed by atoms with Gasteiger partial charge in [0, 0.05) is 5.54 Å². The summed E-state index contributed by atoms with van der Waals surface area (Å²) in [5.41, 5.74) is 0.368. The molecular weight excluding hydrogens is 142 g/mol. The Bertz CT molecular complexity index is 122. The molecule has 0 aromatic carbocycles. The maximum atomic E-state index is 3.59. The van der Waals surface area contributed by atoms with Gasteiger partial charge in [-0.05, 0) is 32.4 Å². The number of nitrogens with one attached hydrogen (secondary N) is 1. The average molecular weight is 159 g/mol. The van der Waals surface area contributed by atoms with Crippen LogP contribution in [0, 0.1) is 5.92 Å². The standard InChI is InChI=1S/C8H17NS/c1-6-5-8(2,3)9-7(6)10-4/h6-7,9H,5H2,1-4H3/t6-,7?/m0/s1. The lowest BCUT2D eigenvalue weighted by Crippen LogP contribution is -2.36. The minimum Gasteiger partial charge on any atom is -0.300 e. The van der Waals surface area contributed by atoms with Gasteiger partial charge >= 0.3 is 0 Å². The Morgan fingerprint density at radius 1 is 1.50 bits per heavy atom. The van der Waals surface area contributed by atoms with Gasteiger partial charge in [0.15, 0.2) is 0 Å². The van der Waals surface area contributed by atoms with E-state index >= 15 is 0 Å². The van der Waals surface area contributed by atoms with Crippen molar-refractivity contribution in [3.63, 3.8) is 0 Å². The summed E-state index contributed by atoms with van der Waals surface area (Å²) in [7, 11) is 0. The predicted molar refractivity (Wildman–Crippen MR) is 48.3 cm³/mol. The van der Waals surface area contributed by atoms with Crippen molar-refractivity contribution >= 4 is 11.8 Å². The van der Waals surface area contributed by atoms with Crippen LogP contribution >= 0.6 is 11.8 Å². The van der Waals surface area contributed by atoms with Gasteiger partial charge in [-0.2, -0.15) is 0 Å². The van der Waals surface area contributed by atoms with Crippen molar-refractivity contribution in [1.29, 1.82) is 0 Å². The molecule has 10 heavy (non-hydrogen) atoms. The summed E-state index contributed by atoms with van der Waals surface area (Å²) in [5, 5.41) is 4.27. The number of hydrogen-bond acceptors (Lipinski definition) is 2. The molecule has 1 heterocycles. The largest absolute Gasteiger partial charge is 0.300 e. The normalized spacial score (nSPS) is 38.4. The second-order valence-corrected chi connectivity index (χ2v) is 4.85. The van der Waals surface area contributed by atoms with E-state index < -0.39 is 0 Å². The Morgan fingerprint density at radius 3 is 2.30 bits per heavy atom. The second-order valence-electron chi connectivity index (χ2n) is 3.87. The number of rotatable bonds is 1. The lowest BCUT2D eigenvalue weighted by molar-refractivity contribution is 0.446. The molecule has 0 aromatic rings. The summed E-state index contributed by atoms with van der Waals surface area (Å²) in [6.45, 7) is 6.88. The molecule has 1 nitrogen and oxygen atoms in total. The first-order valence-electron chi connectivity index (χ1n) is 3.86. The molecule has 0 radical (unpaired) electrons. The molecule has 0 aromatic heterocycles. The third-order valence-electron chi connectivity index (χ3n) is 2.14. The van der Waals surface area contributed by atoms with Crippen molar-refractivity contribution in [2.24, 2.45) is 5.92 Å². The first kappa shape index (κ1) is 8.41. The molecule has 1 fully saturated rings. The first-order chi connectivity index (χ1) is 4.55. The Hall–Kier alpha value is 0.310. The lowest BCUT2D eigenvalue weighted by Gasteiger charge is -2.18. The molecule has 1 aliphatic rings. The molecule has 0 saturated carbocycles. The summed E-state index contributed by atoms with van der Waals surface area (Å²) in [5.74, 6) is 0.824. The van der Waals surface area contributed by atoms with Crippen LogP contribution in [0.1, 0.15) is 27.2 Å². The van der Waals surface area contributed by atoms with E-state index in [1.807, 2.05) is 11.8 Å². The zero-order valence-corrected chi connectivity index (χ0v) is 8.09. The van der Waals surface area contributed by atoms with Gasteiger partial charge in [0.1, 0.15) is 0 Å². The van der Waals surface area contributed by atoms with Crippen LogP contribution in [0.2, 0.25) is 0 Å². The van der Waals surface area contributed by atoms with E-state index in [4.69, 9.17) is 0 Å². The van der Waals surface area contributed by atoms with E-state index in [9.17, 15) is 0 Å². The molecule has 60 valence electrons. The fourth-order valence-corrected chi connectivity index (χ4v) is 2.79. The summed E-state index contributed by atoms with van der Waals surface area (Å²) < 4.78 is 0. The molecule has 2 heteroatoms. The summed E-state index contributed by atoms with van der Waals surface area (Å²) in [6, 6.07) is 0. The maximum absolute atomic E-state index is 3.59. The van der Waals surface area contributed by atoms with Gasteiger partial charge in [0.25, 0.3) is 0 Å². The SMILES string of the molecule is CSC1NC(C)(C)C[C@@H]1C. The van der Waals surface area contributed by atoms with Crippen LogP contribution in [0.4, 0.5) is 0 Å². The van der Waals surface area contributed by atoms with Crippen molar-refractivity contribution in [1.82, 2.24) is 5.32 Å². The van der Waals surface area contributed by atoms with E-state index in [1.54, 1.807) is 0 Å². The lowest BCUT2D eigenvalue weighted by atomic mass is 9.98. The van der Waals surface area contributed by atoms with Crippen molar-refractivity contribution < 1.29 is 0 Å². The summed E-state index contributed by atoms with van der Waals surface area (Å²) >= 11 is 1.93. The second kappa shape index (κ2) is 2.74. The van der Waals surface area contributed by atoms with Gasteiger partial charge in [-0.1, -0.05) is 6.92 Å². The topological polar surface area (TPSA) is 12.0 Å². The molecule has 1 aliphatic heterocycles. The minimum absolute atomic E-state index is 0.368. The van der Waals surface area contributed by atoms with Gasteiger partial charge in [-0.25, -0.2) is 0 Å². The molecule has 1 unspecified atom stereocenters. The maximum Gasteiger partial charge on any atom is 0.0560 e. The Balaban J connectivity index is 2.52. The van der Waals surface area contributed by atoms with Gasteiger partial charge in [-0.15, -0.1) is 11.8 Å². The molecular formula is C8H17NS. The Labute approximate surface area is 68.0 Å². The van der Waals surface area contributed by atoms with Crippen LogP contribution in [-0.2, 0) is 0 Å². The predicted octanol–water partition coefficient (Wildman–Crippen LogP) is 2.08. The quantitative estimate of drug-likeness (QED) is 0.628. The molecule has 0 spiro atoms. The van der Waals surface area contributed by atoms with Gasteiger partial charge < -0.3 is 5.32 Å². The van der Waals surface area contributed by atoms with Crippen LogP contribution in [0.15, 0.2) is 0 Å². The van der Waals surface area contributed by atoms with Crippen molar-refractivity contribution in [3.05, 3.63) is 0 Å². The zero-order chi connectivity index (χ0) is 7.78. The Morgan fingerprint density at radius 2 is 2.10 bits per heavy atom. The highest BCUT2D eigenvalue weighted by molar-refractivity contribution is 7.99. The van der Waals surface area contributed by atoms with Crippen molar-refractivity contribution in [3.8, 4) is 0 Å². The molecule has 1 saturated heterocycles. The first-order valence-corrected chi connectivity index (χ1v) is 5.14. The van der Waals surface area contributed by atoms with E-state index in [-0.39, 0.29) is 0 Å². The zero-order valence-electron chi connectivity index (χ0n) is 7.27. The van der Waals surface area contributed by atoms with E-state index in [0.717, 1.165) is 5.92 Å². The highest BCUT2D eigenvalue weighted by Gasteiger charge is 2.34. The van der Waals surface area contributed by atoms with Crippen LogP contribution in [0.5, 0.6) is 0 Å². The molecule has 2 atom stereocenters. The smallest absolute Gasteiger partial charge is 0.0560 e. The highest BCUT2D eigenvalue weighted by Crippen LogP contribution is 2.32. The van der Waals surface area contributed by atoms with Crippen LogP contribution < -0.4 is 5.32 Å². The number of hydrogen-bond donors (Lipinski definition) is 1. The van der Waals surface area contributed by atoms with Gasteiger partial charge in [-0.3, -0.25) is 0 Å². The summed E-state index contributed by atoms with van der Waals surface area (Å²) in [6.07, 6.45) is 3.48. The Kier molecular flexibility index (Phi) is 2.31. The monoisotopic (exact) mass is 159 g/mol. The van der Waals surface area contributed by atoms with Gasteiger partial charge in [0.05, 0.1) is 5.37 Å². The minimum atomic E-state index is 0.368. The average Bonchev–Trinajstić information content (AvgIpc) is 2.05. The molecule has 1 N–H and O–H groups in total. The third-order valence-corrected chi connectivity index (χ3v) is 3.23. The third kappa shape index (κ3) is 1.67. The van der Waals surface area contributed by atoms with Gasteiger partial charge in [0.2, 0.25) is 0 Å².